The maximum atomic E-state index is 15.2. The second-order valence-corrected chi connectivity index (χ2v) is 10.9. The van der Waals surface area contributed by atoms with Gasteiger partial charge in [0, 0.05) is 17.7 Å². The molecule has 0 aliphatic heterocycles. The Balaban J connectivity index is 1.36. The van der Waals surface area contributed by atoms with Crippen molar-refractivity contribution < 1.29 is 39.9 Å². The van der Waals surface area contributed by atoms with Gasteiger partial charge in [0.2, 0.25) is 0 Å². The normalized spacial score (nSPS) is 17.5. The first-order valence-corrected chi connectivity index (χ1v) is 14.1. The zero-order valence-electron chi connectivity index (χ0n) is 23.2. The van der Waals surface area contributed by atoms with E-state index in [1.54, 1.807) is 6.07 Å². The zero-order valence-corrected chi connectivity index (χ0v) is 23.2. The number of halogens is 8. The van der Waals surface area contributed by atoms with Gasteiger partial charge in [-0.25, -0.2) is 26.3 Å². The van der Waals surface area contributed by atoms with E-state index in [4.69, 9.17) is 0 Å². The fourth-order valence-corrected chi connectivity index (χ4v) is 5.79. The predicted molar refractivity (Wildman–Crippen MR) is 148 cm³/mol. The Labute approximate surface area is 244 Å². The molecule has 9 heteroatoms. The highest BCUT2D eigenvalue weighted by atomic mass is 19.3. The fourth-order valence-electron chi connectivity index (χ4n) is 5.79. The fraction of sp³-hybridized carbons (Fsp3) is 0.294. The number of hydrogen-bond donors (Lipinski definition) is 0. The van der Waals surface area contributed by atoms with Crippen molar-refractivity contribution in [3.63, 3.8) is 0 Å². The van der Waals surface area contributed by atoms with Gasteiger partial charge in [-0.1, -0.05) is 62.6 Å². The van der Waals surface area contributed by atoms with Gasteiger partial charge in [0.15, 0.2) is 17.5 Å². The molecule has 2 atom stereocenters. The van der Waals surface area contributed by atoms with Crippen molar-refractivity contribution >= 4 is 0 Å². The van der Waals surface area contributed by atoms with Gasteiger partial charge in [0.05, 0.1) is 0 Å². The Morgan fingerprint density at radius 1 is 0.651 bits per heavy atom. The topological polar surface area (TPSA) is 9.23 Å². The molecule has 1 nitrogen and oxygen atoms in total. The lowest BCUT2D eigenvalue weighted by Gasteiger charge is -2.20. The van der Waals surface area contributed by atoms with Crippen LogP contribution in [0.25, 0.3) is 22.3 Å². The Bertz CT molecular complexity index is 1570. The van der Waals surface area contributed by atoms with Crippen LogP contribution in [0.1, 0.15) is 62.5 Å². The van der Waals surface area contributed by atoms with Gasteiger partial charge in [-0.15, -0.1) is 0 Å². The molecule has 1 saturated carbocycles. The summed E-state index contributed by atoms with van der Waals surface area (Å²) in [4.78, 5) is 0. The highest BCUT2D eigenvalue weighted by Gasteiger charge is 2.41. The van der Waals surface area contributed by atoms with Crippen LogP contribution in [-0.2, 0) is 6.11 Å². The quantitative estimate of drug-likeness (QED) is 0.116. The van der Waals surface area contributed by atoms with Crippen LogP contribution < -0.4 is 4.74 Å². The molecule has 0 N–H and O–H groups in total. The summed E-state index contributed by atoms with van der Waals surface area (Å²) < 4.78 is 118. The van der Waals surface area contributed by atoms with Gasteiger partial charge in [-0.2, -0.15) is 8.78 Å². The molecule has 1 fully saturated rings. The van der Waals surface area contributed by atoms with Crippen molar-refractivity contribution in [1.29, 1.82) is 0 Å². The van der Waals surface area contributed by atoms with Crippen LogP contribution in [0.4, 0.5) is 35.1 Å². The number of ether oxygens (including phenoxy) is 1. The van der Waals surface area contributed by atoms with Crippen molar-refractivity contribution in [3.05, 3.63) is 113 Å². The van der Waals surface area contributed by atoms with E-state index in [-0.39, 0.29) is 23.3 Å². The molecule has 0 radical (unpaired) electrons. The van der Waals surface area contributed by atoms with Gasteiger partial charge in [0.25, 0.3) is 0 Å². The first-order valence-electron chi connectivity index (χ1n) is 14.1. The van der Waals surface area contributed by atoms with Crippen LogP contribution in [0, 0.1) is 40.8 Å². The minimum absolute atomic E-state index is 0.111. The van der Waals surface area contributed by atoms with E-state index in [2.05, 4.69) is 11.7 Å². The number of benzene rings is 4. The smallest absolute Gasteiger partial charge is 0.429 e. The standard InChI is InChI=1S/C34H28F8O/c1-2-19-4-3-5-20(7-6-19)21-8-10-22(11-9-21)23-12-13-26(27(35)14-23)24-15-28(36)32(29(37)16-24)34(41,42)43-25-17-30(38)33(40)31(39)18-25/h8-20H,2-7H2,1H3. The second-order valence-electron chi connectivity index (χ2n) is 10.9. The molecule has 1 aliphatic rings. The van der Waals surface area contributed by atoms with Crippen molar-refractivity contribution in [3.8, 4) is 28.0 Å². The Morgan fingerprint density at radius 2 is 1.26 bits per heavy atom. The monoisotopic (exact) mass is 604 g/mol. The Morgan fingerprint density at radius 3 is 1.86 bits per heavy atom. The summed E-state index contributed by atoms with van der Waals surface area (Å²) in [5, 5.41) is 0. The third-order valence-electron chi connectivity index (χ3n) is 8.20. The summed E-state index contributed by atoms with van der Waals surface area (Å²) in [6.45, 7) is 2.23. The Kier molecular flexibility index (Phi) is 8.81. The molecular weight excluding hydrogens is 576 g/mol. The molecule has 2 unspecified atom stereocenters. The van der Waals surface area contributed by atoms with E-state index < -0.39 is 52.3 Å². The predicted octanol–water partition coefficient (Wildman–Crippen LogP) is 11.1. The van der Waals surface area contributed by atoms with Crippen LogP contribution in [0.5, 0.6) is 5.75 Å². The highest BCUT2D eigenvalue weighted by molar-refractivity contribution is 5.71. The lowest BCUT2D eigenvalue weighted by atomic mass is 9.89. The molecule has 1 aliphatic carbocycles. The van der Waals surface area contributed by atoms with Gasteiger partial charge >= 0.3 is 6.11 Å². The summed E-state index contributed by atoms with van der Waals surface area (Å²) in [5.41, 5.74) is 0.0482. The van der Waals surface area contributed by atoms with Gasteiger partial charge in [-0.05, 0) is 71.6 Å². The first-order chi connectivity index (χ1) is 20.5. The van der Waals surface area contributed by atoms with E-state index in [0.717, 1.165) is 24.3 Å². The summed E-state index contributed by atoms with van der Waals surface area (Å²) in [7, 11) is 0. The van der Waals surface area contributed by atoms with E-state index in [9.17, 15) is 30.7 Å². The number of rotatable bonds is 7. The zero-order chi connectivity index (χ0) is 30.9. The molecule has 0 amide bonds. The van der Waals surface area contributed by atoms with Crippen molar-refractivity contribution in [2.45, 2.75) is 57.5 Å². The van der Waals surface area contributed by atoms with Crippen molar-refractivity contribution in [1.82, 2.24) is 0 Å². The van der Waals surface area contributed by atoms with Gasteiger partial charge in [-0.3, -0.25) is 0 Å². The summed E-state index contributed by atoms with van der Waals surface area (Å²) in [6.07, 6.45) is 2.37. The molecule has 0 bridgehead atoms. The van der Waals surface area contributed by atoms with Crippen LogP contribution in [0.15, 0.2) is 66.7 Å². The molecule has 0 aromatic heterocycles. The van der Waals surface area contributed by atoms with E-state index >= 15 is 4.39 Å². The van der Waals surface area contributed by atoms with Crippen LogP contribution in [0.2, 0.25) is 0 Å². The van der Waals surface area contributed by atoms with Crippen LogP contribution in [-0.4, -0.2) is 0 Å². The summed E-state index contributed by atoms with van der Waals surface area (Å²) in [6, 6.07) is 13.2. The summed E-state index contributed by atoms with van der Waals surface area (Å²) >= 11 is 0. The first kappa shape index (κ1) is 30.6. The molecule has 5 rings (SSSR count). The summed E-state index contributed by atoms with van der Waals surface area (Å²) in [5.74, 6) is -9.94. The third-order valence-corrected chi connectivity index (χ3v) is 8.20. The van der Waals surface area contributed by atoms with Gasteiger partial charge < -0.3 is 4.74 Å². The molecule has 226 valence electrons. The molecule has 4 aromatic carbocycles. The molecule has 4 aromatic rings. The van der Waals surface area contributed by atoms with E-state index in [1.807, 2.05) is 24.3 Å². The molecule has 0 saturated heterocycles. The van der Waals surface area contributed by atoms with Crippen molar-refractivity contribution in [2.24, 2.45) is 5.92 Å². The number of alkyl halides is 2. The maximum Gasteiger partial charge on any atom is 0.432 e. The van der Waals surface area contributed by atoms with Crippen LogP contribution >= 0.6 is 0 Å². The average molecular weight is 605 g/mol. The third kappa shape index (κ3) is 6.55. The highest BCUT2D eigenvalue weighted by Crippen LogP contribution is 2.39. The average Bonchev–Trinajstić information content (AvgIpc) is 3.21. The Hall–Kier alpha value is -3.88. The van der Waals surface area contributed by atoms with Crippen molar-refractivity contribution in [2.75, 3.05) is 0 Å². The lowest BCUT2D eigenvalue weighted by molar-refractivity contribution is -0.189. The maximum absolute atomic E-state index is 15.2. The largest absolute Gasteiger partial charge is 0.432 e. The lowest BCUT2D eigenvalue weighted by Crippen LogP contribution is -2.25. The van der Waals surface area contributed by atoms with Gasteiger partial charge in [0.1, 0.15) is 28.8 Å². The van der Waals surface area contributed by atoms with E-state index in [0.29, 0.717) is 23.6 Å². The minimum Gasteiger partial charge on any atom is -0.429 e. The number of hydrogen-bond acceptors (Lipinski definition) is 1. The molecule has 0 heterocycles. The van der Waals surface area contributed by atoms with Crippen LogP contribution in [0.3, 0.4) is 0 Å². The SMILES string of the molecule is CCC1CCCC(c2ccc(-c3ccc(-c4cc(F)c(C(F)(F)Oc5cc(F)c(F)c(F)c5)c(F)c4)c(F)c3)cc2)CC1. The molecule has 0 spiro atoms. The van der Waals surface area contributed by atoms with E-state index in [1.165, 1.54) is 43.4 Å². The second kappa shape index (κ2) is 12.4. The molecular formula is C34H28F8O. The minimum atomic E-state index is -4.74. The molecule has 43 heavy (non-hydrogen) atoms.